The maximum atomic E-state index is 12.6. The molecule has 0 bridgehead atoms. The van der Waals surface area contributed by atoms with E-state index in [4.69, 9.17) is 16.0 Å². The summed E-state index contributed by atoms with van der Waals surface area (Å²) in [5, 5.41) is 12.3. The predicted octanol–water partition coefficient (Wildman–Crippen LogP) is 4.60. The minimum absolute atomic E-state index is 0.137. The van der Waals surface area contributed by atoms with Crippen molar-refractivity contribution >= 4 is 34.1 Å². The zero-order valence-corrected chi connectivity index (χ0v) is 15.6. The molecule has 0 aliphatic heterocycles. The Labute approximate surface area is 160 Å². The summed E-state index contributed by atoms with van der Waals surface area (Å²) in [5.74, 6) is 0.757. The van der Waals surface area contributed by atoms with Crippen LogP contribution in [-0.2, 0) is 11.3 Å². The first-order valence-corrected chi connectivity index (χ1v) is 8.83. The van der Waals surface area contributed by atoms with Crippen LogP contribution in [0.5, 0.6) is 0 Å². The first-order chi connectivity index (χ1) is 13.0. The van der Waals surface area contributed by atoms with Gasteiger partial charge in [0, 0.05) is 24.0 Å². The summed E-state index contributed by atoms with van der Waals surface area (Å²) in [4.78, 5) is 12.6. The Kier molecular flexibility index (Phi) is 4.41. The second-order valence-electron chi connectivity index (χ2n) is 6.35. The number of fused-ring (bicyclic) bond motifs is 1. The Hall–Kier alpha value is -3.12. The zero-order valence-electron chi connectivity index (χ0n) is 14.9. The molecule has 4 rings (SSSR count). The van der Waals surface area contributed by atoms with Gasteiger partial charge in [0.25, 0.3) is 0 Å². The molecule has 0 unspecified atom stereocenters. The maximum absolute atomic E-state index is 12.6. The van der Waals surface area contributed by atoms with E-state index < -0.39 is 0 Å². The maximum Gasteiger partial charge on any atom is 0.249 e. The van der Waals surface area contributed by atoms with Gasteiger partial charge in [-0.05, 0) is 30.7 Å². The molecule has 0 aliphatic rings. The molecule has 0 saturated carbocycles. The molecule has 0 saturated heterocycles. The molecule has 2 aromatic carbocycles. The molecule has 0 radical (unpaired) electrons. The fourth-order valence-corrected chi connectivity index (χ4v) is 3.30. The van der Waals surface area contributed by atoms with Crippen LogP contribution in [-0.4, -0.2) is 20.7 Å². The standard InChI is InChI=1S/C20H17ClN4O2/c1-12-7-8-17(16(21)9-12)22-19(26)11-25-10-15(20-24-23-13(2)27-20)14-5-3-4-6-18(14)25/h3-10H,11H2,1-2H3,(H,22,26). The lowest BCUT2D eigenvalue weighted by atomic mass is 10.2. The van der Waals surface area contributed by atoms with Crippen LogP contribution < -0.4 is 5.32 Å². The molecule has 1 N–H and O–H groups in total. The summed E-state index contributed by atoms with van der Waals surface area (Å²) >= 11 is 6.21. The first-order valence-electron chi connectivity index (χ1n) is 8.45. The Bertz CT molecular complexity index is 1150. The molecule has 2 aromatic heterocycles. The summed E-state index contributed by atoms with van der Waals surface area (Å²) in [6.45, 7) is 3.83. The number of halogens is 1. The number of aromatic nitrogens is 3. The number of anilines is 1. The van der Waals surface area contributed by atoms with Crippen molar-refractivity contribution in [3.05, 3.63) is 65.1 Å². The van der Waals surface area contributed by atoms with Gasteiger partial charge in [-0.1, -0.05) is 35.9 Å². The van der Waals surface area contributed by atoms with Gasteiger partial charge in [0.05, 0.1) is 16.3 Å². The normalized spacial score (nSPS) is 11.1. The van der Waals surface area contributed by atoms with Crippen LogP contribution in [0, 0.1) is 13.8 Å². The quantitative estimate of drug-likeness (QED) is 0.561. The van der Waals surface area contributed by atoms with E-state index in [0.29, 0.717) is 22.5 Å². The van der Waals surface area contributed by atoms with Gasteiger partial charge in [-0.15, -0.1) is 10.2 Å². The van der Waals surface area contributed by atoms with Crippen LogP contribution in [0.4, 0.5) is 5.69 Å². The average Bonchev–Trinajstić information content (AvgIpc) is 3.22. The van der Waals surface area contributed by atoms with Crippen LogP contribution in [0.3, 0.4) is 0 Å². The molecule has 0 atom stereocenters. The number of carbonyl (C=O) groups excluding carboxylic acids is 1. The van der Waals surface area contributed by atoms with Crippen molar-refractivity contribution in [2.45, 2.75) is 20.4 Å². The van der Waals surface area contributed by atoms with Crippen LogP contribution in [0.15, 0.2) is 53.1 Å². The van der Waals surface area contributed by atoms with Crippen molar-refractivity contribution in [2.24, 2.45) is 0 Å². The van der Waals surface area contributed by atoms with Crippen LogP contribution in [0.2, 0.25) is 5.02 Å². The van der Waals surface area contributed by atoms with Crippen molar-refractivity contribution < 1.29 is 9.21 Å². The molecule has 136 valence electrons. The van der Waals surface area contributed by atoms with E-state index in [1.807, 2.05) is 54.1 Å². The van der Waals surface area contributed by atoms with Gasteiger partial charge < -0.3 is 14.3 Å². The lowest BCUT2D eigenvalue weighted by Gasteiger charge is -2.09. The van der Waals surface area contributed by atoms with E-state index in [1.165, 1.54) is 0 Å². The number of nitrogens with one attached hydrogen (secondary N) is 1. The summed E-state index contributed by atoms with van der Waals surface area (Å²) in [7, 11) is 0. The number of rotatable bonds is 4. The highest BCUT2D eigenvalue weighted by atomic mass is 35.5. The SMILES string of the molecule is Cc1ccc(NC(=O)Cn2cc(-c3nnc(C)o3)c3ccccc32)c(Cl)c1. The fraction of sp³-hybridized carbons (Fsp3) is 0.150. The van der Waals surface area contributed by atoms with Gasteiger partial charge >= 0.3 is 0 Å². The second kappa shape index (κ2) is 6.89. The van der Waals surface area contributed by atoms with E-state index in [9.17, 15) is 4.79 Å². The number of aryl methyl sites for hydroxylation is 2. The van der Waals surface area contributed by atoms with E-state index in [2.05, 4.69) is 15.5 Å². The molecule has 0 fully saturated rings. The molecule has 0 spiro atoms. The highest BCUT2D eigenvalue weighted by Crippen LogP contribution is 2.30. The number of benzene rings is 2. The van der Waals surface area contributed by atoms with Crippen molar-refractivity contribution in [3.63, 3.8) is 0 Å². The van der Waals surface area contributed by atoms with E-state index in [-0.39, 0.29) is 12.5 Å². The number of carbonyl (C=O) groups is 1. The van der Waals surface area contributed by atoms with Crippen molar-refractivity contribution in [1.82, 2.24) is 14.8 Å². The zero-order chi connectivity index (χ0) is 19.0. The smallest absolute Gasteiger partial charge is 0.249 e. The first kappa shape index (κ1) is 17.3. The molecule has 6 nitrogen and oxygen atoms in total. The summed E-state index contributed by atoms with van der Waals surface area (Å²) in [5.41, 5.74) is 3.34. The molecule has 4 aromatic rings. The van der Waals surface area contributed by atoms with Gasteiger partial charge in [-0.25, -0.2) is 0 Å². The molecular weight excluding hydrogens is 364 g/mol. The fourth-order valence-electron chi connectivity index (χ4n) is 3.02. The molecule has 27 heavy (non-hydrogen) atoms. The highest BCUT2D eigenvalue weighted by Gasteiger charge is 2.16. The number of para-hydroxylation sites is 1. The van der Waals surface area contributed by atoms with Gasteiger partial charge in [-0.3, -0.25) is 4.79 Å². The van der Waals surface area contributed by atoms with Crippen molar-refractivity contribution in [1.29, 1.82) is 0 Å². The average molecular weight is 381 g/mol. The Morgan fingerprint density at radius 2 is 2.00 bits per heavy atom. The Morgan fingerprint density at radius 1 is 1.19 bits per heavy atom. The highest BCUT2D eigenvalue weighted by molar-refractivity contribution is 6.33. The van der Waals surface area contributed by atoms with E-state index >= 15 is 0 Å². The van der Waals surface area contributed by atoms with Gasteiger partial charge in [0.15, 0.2) is 0 Å². The topological polar surface area (TPSA) is 73.0 Å². The Morgan fingerprint density at radius 3 is 2.74 bits per heavy atom. The van der Waals surface area contributed by atoms with Crippen LogP contribution >= 0.6 is 11.6 Å². The van der Waals surface area contributed by atoms with Crippen LogP contribution in [0.1, 0.15) is 11.5 Å². The van der Waals surface area contributed by atoms with Crippen LogP contribution in [0.25, 0.3) is 22.4 Å². The molecule has 0 aliphatic carbocycles. The largest absolute Gasteiger partial charge is 0.421 e. The van der Waals surface area contributed by atoms with Gasteiger partial charge in [-0.2, -0.15) is 0 Å². The van der Waals surface area contributed by atoms with E-state index in [0.717, 1.165) is 22.0 Å². The Balaban J connectivity index is 1.65. The van der Waals surface area contributed by atoms with Crippen molar-refractivity contribution in [2.75, 3.05) is 5.32 Å². The third kappa shape index (κ3) is 3.44. The number of amides is 1. The number of hydrogen-bond donors (Lipinski definition) is 1. The third-order valence-corrected chi connectivity index (χ3v) is 4.57. The monoisotopic (exact) mass is 380 g/mol. The van der Waals surface area contributed by atoms with Gasteiger partial charge in [0.2, 0.25) is 17.7 Å². The minimum atomic E-state index is -0.172. The lowest BCUT2D eigenvalue weighted by Crippen LogP contribution is -2.18. The summed E-state index contributed by atoms with van der Waals surface area (Å²) < 4.78 is 7.43. The molecular formula is C20H17ClN4O2. The number of nitrogens with zero attached hydrogens (tertiary/aromatic N) is 3. The molecule has 2 heterocycles. The molecule has 7 heteroatoms. The summed E-state index contributed by atoms with van der Waals surface area (Å²) in [6, 6.07) is 13.3. The third-order valence-electron chi connectivity index (χ3n) is 4.26. The summed E-state index contributed by atoms with van der Waals surface area (Å²) in [6.07, 6.45) is 1.86. The second-order valence-corrected chi connectivity index (χ2v) is 6.75. The predicted molar refractivity (Wildman–Crippen MR) is 105 cm³/mol. The lowest BCUT2D eigenvalue weighted by molar-refractivity contribution is -0.116. The van der Waals surface area contributed by atoms with E-state index in [1.54, 1.807) is 13.0 Å². The number of hydrogen-bond acceptors (Lipinski definition) is 4. The van der Waals surface area contributed by atoms with Crippen molar-refractivity contribution in [3.8, 4) is 11.5 Å². The minimum Gasteiger partial charge on any atom is -0.421 e. The molecule has 1 amide bonds. The van der Waals surface area contributed by atoms with Gasteiger partial charge in [0.1, 0.15) is 6.54 Å².